The number of benzene rings is 1. The summed E-state index contributed by atoms with van der Waals surface area (Å²) in [5.74, 6) is 0.712. The van der Waals surface area contributed by atoms with Crippen molar-refractivity contribution >= 4 is 22.9 Å². The Hall–Kier alpha value is -2.01. The second-order valence-electron chi connectivity index (χ2n) is 4.60. The van der Waals surface area contributed by atoms with Gasteiger partial charge in [-0.1, -0.05) is 18.2 Å². The van der Waals surface area contributed by atoms with Crippen LogP contribution >= 0.6 is 11.3 Å². The molecule has 2 rings (SSSR count). The van der Waals surface area contributed by atoms with Crippen molar-refractivity contribution < 1.29 is 9.53 Å². The Morgan fingerprint density at radius 1 is 1.40 bits per heavy atom. The lowest BCUT2D eigenvalue weighted by atomic mass is 10.1. The Balaban J connectivity index is 2.01. The van der Waals surface area contributed by atoms with Crippen LogP contribution in [-0.4, -0.2) is 19.1 Å². The van der Waals surface area contributed by atoms with Gasteiger partial charge in [0.2, 0.25) is 0 Å². The van der Waals surface area contributed by atoms with Crippen molar-refractivity contribution in [3.8, 4) is 5.75 Å². The Morgan fingerprint density at radius 3 is 2.80 bits per heavy atom. The van der Waals surface area contributed by atoms with Crippen molar-refractivity contribution in [1.29, 1.82) is 0 Å². The highest BCUT2D eigenvalue weighted by Crippen LogP contribution is 2.21. The molecule has 0 saturated carbocycles. The maximum atomic E-state index is 12.1. The van der Waals surface area contributed by atoms with Gasteiger partial charge in [0.1, 0.15) is 10.6 Å². The third kappa shape index (κ3) is 3.30. The van der Waals surface area contributed by atoms with Gasteiger partial charge in [-0.15, -0.1) is 11.3 Å². The predicted octanol–water partition coefficient (Wildman–Crippen LogP) is 2.70. The van der Waals surface area contributed by atoms with Crippen molar-refractivity contribution in [2.75, 3.05) is 12.8 Å². The van der Waals surface area contributed by atoms with Crippen LogP contribution in [0, 0.1) is 0 Å². The van der Waals surface area contributed by atoms with Gasteiger partial charge in [-0.2, -0.15) is 0 Å². The van der Waals surface area contributed by atoms with E-state index in [4.69, 9.17) is 10.5 Å². The Labute approximate surface area is 122 Å². The van der Waals surface area contributed by atoms with E-state index in [1.807, 2.05) is 36.6 Å². The number of hydrogen-bond donors (Lipinski definition) is 2. The van der Waals surface area contributed by atoms with Crippen molar-refractivity contribution in [3.05, 3.63) is 46.2 Å². The summed E-state index contributed by atoms with van der Waals surface area (Å²) in [6.07, 6.45) is 0.709. The molecule has 106 valence electrons. The number of carbonyl (C=O) groups excluding carboxylic acids is 1. The summed E-state index contributed by atoms with van der Waals surface area (Å²) in [7, 11) is 1.65. The molecule has 0 aliphatic rings. The fourth-order valence-electron chi connectivity index (χ4n) is 2.05. The first kappa shape index (κ1) is 14.4. The summed E-state index contributed by atoms with van der Waals surface area (Å²) in [4.78, 5) is 12.6. The van der Waals surface area contributed by atoms with Crippen LogP contribution in [0.1, 0.15) is 22.2 Å². The second kappa shape index (κ2) is 6.43. The van der Waals surface area contributed by atoms with Gasteiger partial charge in [-0.25, -0.2) is 0 Å². The van der Waals surface area contributed by atoms with Crippen LogP contribution in [0.15, 0.2) is 35.7 Å². The van der Waals surface area contributed by atoms with E-state index in [9.17, 15) is 4.79 Å². The predicted molar refractivity (Wildman–Crippen MR) is 82.4 cm³/mol. The zero-order valence-corrected chi connectivity index (χ0v) is 12.4. The minimum atomic E-state index is -0.125. The van der Waals surface area contributed by atoms with Crippen LogP contribution < -0.4 is 15.8 Å². The van der Waals surface area contributed by atoms with E-state index in [2.05, 4.69) is 5.32 Å². The molecule has 5 heteroatoms. The summed E-state index contributed by atoms with van der Waals surface area (Å²) in [6.45, 7) is 1.97. The molecule has 0 bridgehead atoms. The van der Waals surface area contributed by atoms with Gasteiger partial charge in [-0.3, -0.25) is 4.79 Å². The lowest BCUT2D eigenvalue weighted by Gasteiger charge is -2.15. The highest BCUT2D eigenvalue weighted by Gasteiger charge is 2.15. The first-order chi connectivity index (χ1) is 9.61. The summed E-state index contributed by atoms with van der Waals surface area (Å²) in [5, 5.41) is 4.77. The van der Waals surface area contributed by atoms with Crippen molar-refractivity contribution in [3.63, 3.8) is 0 Å². The number of nitrogen functional groups attached to an aromatic ring is 1. The van der Waals surface area contributed by atoms with Crippen molar-refractivity contribution in [2.45, 2.75) is 19.4 Å². The molecule has 0 aliphatic carbocycles. The zero-order chi connectivity index (χ0) is 14.5. The van der Waals surface area contributed by atoms with Crippen molar-refractivity contribution in [2.24, 2.45) is 0 Å². The molecule has 4 nitrogen and oxygen atoms in total. The molecule has 1 aromatic carbocycles. The van der Waals surface area contributed by atoms with E-state index in [1.165, 1.54) is 11.3 Å². The fourth-order valence-corrected chi connectivity index (χ4v) is 2.77. The van der Waals surface area contributed by atoms with Gasteiger partial charge in [0.25, 0.3) is 5.91 Å². The molecule has 20 heavy (non-hydrogen) atoms. The number of para-hydroxylation sites is 1. The average molecular weight is 290 g/mol. The second-order valence-corrected chi connectivity index (χ2v) is 5.51. The Morgan fingerprint density at radius 2 is 2.15 bits per heavy atom. The molecule has 2 aromatic rings. The first-order valence-electron chi connectivity index (χ1n) is 6.37. The lowest BCUT2D eigenvalue weighted by Crippen LogP contribution is -2.34. The summed E-state index contributed by atoms with van der Waals surface area (Å²) in [6, 6.07) is 9.55. The third-order valence-corrected chi connectivity index (χ3v) is 3.93. The topological polar surface area (TPSA) is 64.3 Å². The Kier molecular flexibility index (Phi) is 4.63. The van der Waals surface area contributed by atoms with Crippen LogP contribution in [0.5, 0.6) is 5.75 Å². The largest absolute Gasteiger partial charge is 0.496 e. The highest BCUT2D eigenvalue weighted by atomic mass is 32.1. The molecule has 1 aromatic heterocycles. The normalized spacial score (nSPS) is 11.9. The minimum Gasteiger partial charge on any atom is -0.496 e. The van der Waals surface area contributed by atoms with E-state index < -0.39 is 0 Å². The van der Waals surface area contributed by atoms with Crippen LogP contribution in [-0.2, 0) is 6.42 Å². The van der Waals surface area contributed by atoms with Crippen LogP contribution in [0.2, 0.25) is 0 Å². The van der Waals surface area contributed by atoms with Gasteiger partial charge < -0.3 is 15.8 Å². The summed E-state index contributed by atoms with van der Waals surface area (Å²) in [5.41, 5.74) is 7.34. The minimum absolute atomic E-state index is 0.000278. The summed E-state index contributed by atoms with van der Waals surface area (Å²) < 4.78 is 5.31. The van der Waals surface area contributed by atoms with Crippen LogP contribution in [0.3, 0.4) is 0 Å². The SMILES string of the molecule is COc1ccccc1CC(C)NC(=O)c1sccc1N. The van der Waals surface area contributed by atoms with Crippen LogP contribution in [0.4, 0.5) is 5.69 Å². The smallest absolute Gasteiger partial charge is 0.263 e. The molecule has 0 spiro atoms. The molecular formula is C15H18N2O2S. The quantitative estimate of drug-likeness (QED) is 0.890. The van der Waals surface area contributed by atoms with Gasteiger partial charge in [-0.05, 0) is 36.4 Å². The first-order valence-corrected chi connectivity index (χ1v) is 7.25. The van der Waals surface area contributed by atoms with E-state index in [-0.39, 0.29) is 11.9 Å². The summed E-state index contributed by atoms with van der Waals surface area (Å²) >= 11 is 1.35. The molecule has 1 unspecified atom stereocenters. The molecule has 0 radical (unpaired) electrons. The number of nitrogens with one attached hydrogen (secondary N) is 1. The van der Waals surface area contributed by atoms with E-state index in [0.717, 1.165) is 11.3 Å². The maximum Gasteiger partial charge on any atom is 0.263 e. The Bertz CT molecular complexity index is 595. The standard InChI is InChI=1S/C15H18N2O2S/c1-10(9-11-5-3-4-6-13(11)19-2)17-15(18)14-12(16)7-8-20-14/h3-8,10H,9,16H2,1-2H3,(H,17,18). The van der Waals surface area contributed by atoms with E-state index in [0.29, 0.717) is 17.0 Å². The molecule has 0 fully saturated rings. The number of ether oxygens (including phenoxy) is 1. The molecule has 3 N–H and O–H groups in total. The maximum absolute atomic E-state index is 12.1. The number of carbonyl (C=O) groups is 1. The monoisotopic (exact) mass is 290 g/mol. The lowest BCUT2D eigenvalue weighted by molar-refractivity contribution is 0.0945. The molecule has 1 atom stereocenters. The van der Waals surface area contributed by atoms with E-state index in [1.54, 1.807) is 13.2 Å². The number of thiophene rings is 1. The van der Waals surface area contributed by atoms with Crippen molar-refractivity contribution in [1.82, 2.24) is 5.32 Å². The number of rotatable bonds is 5. The molecule has 1 heterocycles. The average Bonchev–Trinajstić information content (AvgIpc) is 2.85. The molecule has 0 aliphatic heterocycles. The van der Waals surface area contributed by atoms with Gasteiger partial charge >= 0.3 is 0 Å². The van der Waals surface area contributed by atoms with E-state index >= 15 is 0 Å². The highest BCUT2D eigenvalue weighted by molar-refractivity contribution is 7.12. The number of amides is 1. The molecule has 0 saturated heterocycles. The number of nitrogens with two attached hydrogens (primary N) is 1. The molecular weight excluding hydrogens is 272 g/mol. The zero-order valence-electron chi connectivity index (χ0n) is 11.6. The number of methoxy groups -OCH3 is 1. The third-order valence-electron chi connectivity index (χ3n) is 3.00. The van der Waals surface area contributed by atoms with Gasteiger partial charge in [0.15, 0.2) is 0 Å². The van der Waals surface area contributed by atoms with Crippen LogP contribution in [0.25, 0.3) is 0 Å². The molecule has 1 amide bonds. The number of anilines is 1. The number of hydrogen-bond acceptors (Lipinski definition) is 4. The fraction of sp³-hybridized carbons (Fsp3) is 0.267. The van der Waals surface area contributed by atoms with Gasteiger partial charge in [0.05, 0.1) is 12.8 Å². The van der Waals surface area contributed by atoms with Gasteiger partial charge in [0, 0.05) is 6.04 Å².